The summed E-state index contributed by atoms with van der Waals surface area (Å²) < 4.78 is 11.4. The van der Waals surface area contributed by atoms with Gasteiger partial charge in [-0.15, -0.1) is 0 Å². The van der Waals surface area contributed by atoms with Crippen molar-refractivity contribution in [3.8, 4) is 23.2 Å². The lowest BCUT2D eigenvalue weighted by Crippen LogP contribution is -2.29. The molecule has 2 aromatic rings. The van der Waals surface area contributed by atoms with Crippen LogP contribution < -0.4 is 15.0 Å². The third-order valence-electron chi connectivity index (χ3n) is 6.43. The number of nitrogens with zero attached hydrogens (tertiary/aromatic N) is 4. The van der Waals surface area contributed by atoms with Gasteiger partial charge in [0, 0.05) is 49.2 Å². The average Bonchev–Trinajstić information content (AvgIpc) is 3.55. The summed E-state index contributed by atoms with van der Waals surface area (Å²) in [6.07, 6.45) is 4.07. The SMILES string of the molecule is CNCC(O)COc1cccc(-c2nc(C[C@@H]3CCOC3)c(C)c(N(CCC#N)C3CC3)n2)c1. The first-order valence-electron chi connectivity index (χ1n) is 12.2. The number of benzene rings is 1. The number of aliphatic hydroxyl groups excluding tert-OH is 1. The van der Waals surface area contributed by atoms with Crippen molar-refractivity contribution in [1.82, 2.24) is 15.3 Å². The van der Waals surface area contributed by atoms with E-state index in [0.29, 0.717) is 43.0 Å². The predicted octanol–water partition coefficient (Wildman–Crippen LogP) is 2.87. The van der Waals surface area contributed by atoms with Gasteiger partial charge in [-0.2, -0.15) is 5.26 Å². The van der Waals surface area contributed by atoms with Crippen LogP contribution in [0.4, 0.5) is 5.82 Å². The summed E-state index contributed by atoms with van der Waals surface area (Å²) in [6.45, 7) is 5.04. The fraction of sp³-hybridized carbons (Fsp3) is 0.577. The number of aromatic nitrogens is 2. The fourth-order valence-electron chi connectivity index (χ4n) is 4.41. The topological polar surface area (TPSA) is 104 Å². The van der Waals surface area contributed by atoms with E-state index in [0.717, 1.165) is 61.5 Å². The van der Waals surface area contributed by atoms with E-state index in [1.54, 1.807) is 7.05 Å². The maximum absolute atomic E-state index is 9.97. The van der Waals surface area contributed by atoms with Gasteiger partial charge >= 0.3 is 0 Å². The zero-order chi connectivity index (χ0) is 23.9. The van der Waals surface area contributed by atoms with Crippen LogP contribution in [0.5, 0.6) is 5.75 Å². The lowest BCUT2D eigenvalue weighted by Gasteiger charge is -2.26. The minimum atomic E-state index is -0.580. The van der Waals surface area contributed by atoms with Gasteiger partial charge < -0.3 is 24.8 Å². The van der Waals surface area contributed by atoms with Crippen LogP contribution in [0.3, 0.4) is 0 Å². The molecule has 1 unspecified atom stereocenters. The Balaban J connectivity index is 1.66. The Labute approximate surface area is 201 Å². The molecule has 2 heterocycles. The van der Waals surface area contributed by atoms with Gasteiger partial charge in [-0.1, -0.05) is 12.1 Å². The molecule has 4 rings (SSSR count). The van der Waals surface area contributed by atoms with Crippen molar-refractivity contribution in [2.45, 2.75) is 51.2 Å². The molecule has 8 heteroatoms. The van der Waals surface area contributed by atoms with Crippen LogP contribution >= 0.6 is 0 Å². The van der Waals surface area contributed by atoms with Crippen LogP contribution in [0.1, 0.15) is 36.9 Å². The van der Waals surface area contributed by atoms with Crippen LogP contribution in [0.2, 0.25) is 0 Å². The third kappa shape index (κ3) is 6.23. The van der Waals surface area contributed by atoms with Gasteiger partial charge in [0.05, 0.1) is 12.5 Å². The maximum Gasteiger partial charge on any atom is 0.161 e. The number of aliphatic hydroxyl groups is 1. The molecule has 0 spiro atoms. The maximum atomic E-state index is 9.97. The molecule has 0 bridgehead atoms. The van der Waals surface area contributed by atoms with Crippen molar-refractivity contribution in [1.29, 1.82) is 5.26 Å². The first-order chi connectivity index (χ1) is 16.6. The Bertz CT molecular complexity index is 998. The Kier molecular flexibility index (Phi) is 8.33. The molecule has 8 nitrogen and oxygen atoms in total. The van der Waals surface area contributed by atoms with Gasteiger partial charge in [0.1, 0.15) is 24.3 Å². The summed E-state index contributed by atoms with van der Waals surface area (Å²) in [6, 6.07) is 10.5. The molecule has 182 valence electrons. The molecule has 34 heavy (non-hydrogen) atoms. The molecule has 1 saturated heterocycles. The first kappa shape index (κ1) is 24.4. The summed E-state index contributed by atoms with van der Waals surface area (Å²) in [4.78, 5) is 12.3. The lowest BCUT2D eigenvalue weighted by molar-refractivity contribution is 0.108. The summed E-state index contributed by atoms with van der Waals surface area (Å²) in [5.74, 6) is 2.74. The van der Waals surface area contributed by atoms with Crippen LogP contribution in [-0.4, -0.2) is 67.2 Å². The number of ether oxygens (including phenoxy) is 2. The van der Waals surface area contributed by atoms with Crippen LogP contribution in [0.15, 0.2) is 24.3 Å². The first-order valence-corrected chi connectivity index (χ1v) is 12.2. The van der Waals surface area contributed by atoms with E-state index in [9.17, 15) is 10.4 Å². The molecule has 2 fully saturated rings. The van der Waals surface area contributed by atoms with Crippen LogP contribution in [-0.2, 0) is 11.2 Å². The fourth-order valence-corrected chi connectivity index (χ4v) is 4.41. The number of hydrogen-bond donors (Lipinski definition) is 2. The molecule has 0 amide bonds. The molecule has 2 atom stereocenters. The standard InChI is InChI=1S/C26H35N5O3/c1-18-24(13-19-9-12-33-16-19)29-25(30-26(18)31(11-4-10-27)21-7-8-21)20-5-3-6-23(14-20)34-17-22(32)15-28-2/h3,5-6,14,19,21-22,28,32H,4,7-9,11-13,15-17H2,1-2H3/t19-,22?/m0/s1. The highest BCUT2D eigenvalue weighted by Gasteiger charge is 2.32. The smallest absolute Gasteiger partial charge is 0.161 e. The number of rotatable bonds is 12. The molecule has 1 aromatic heterocycles. The molecule has 1 aliphatic heterocycles. The van der Waals surface area contributed by atoms with Gasteiger partial charge in [-0.3, -0.25) is 0 Å². The van der Waals surface area contributed by atoms with Crippen LogP contribution in [0, 0.1) is 24.2 Å². The van der Waals surface area contributed by atoms with E-state index >= 15 is 0 Å². The van der Waals surface area contributed by atoms with Gasteiger partial charge in [0.15, 0.2) is 5.82 Å². The summed E-state index contributed by atoms with van der Waals surface area (Å²) in [5.41, 5.74) is 3.03. The Morgan fingerprint density at radius 1 is 1.32 bits per heavy atom. The molecule has 1 saturated carbocycles. The average molecular weight is 466 g/mol. The van der Waals surface area contributed by atoms with Crippen molar-refractivity contribution in [2.24, 2.45) is 5.92 Å². The van der Waals surface area contributed by atoms with Gasteiger partial charge in [0.25, 0.3) is 0 Å². The van der Waals surface area contributed by atoms with Crippen LogP contribution in [0.25, 0.3) is 11.4 Å². The van der Waals surface area contributed by atoms with E-state index in [1.165, 1.54) is 0 Å². The second-order valence-corrected chi connectivity index (χ2v) is 9.26. The zero-order valence-corrected chi connectivity index (χ0v) is 20.2. The highest BCUT2D eigenvalue weighted by atomic mass is 16.5. The molecular weight excluding hydrogens is 430 g/mol. The Hall–Kier alpha value is -2.73. The van der Waals surface area contributed by atoms with E-state index in [-0.39, 0.29) is 6.61 Å². The van der Waals surface area contributed by atoms with E-state index < -0.39 is 6.10 Å². The Morgan fingerprint density at radius 2 is 2.18 bits per heavy atom. The predicted molar refractivity (Wildman–Crippen MR) is 131 cm³/mol. The largest absolute Gasteiger partial charge is 0.491 e. The quantitative estimate of drug-likeness (QED) is 0.493. The molecule has 2 aliphatic rings. The number of nitrogens with one attached hydrogen (secondary N) is 1. The van der Waals surface area contributed by atoms with E-state index in [1.807, 2.05) is 24.3 Å². The summed E-state index contributed by atoms with van der Waals surface area (Å²) in [5, 5.41) is 22.1. The normalized spacial score (nSPS) is 18.5. The summed E-state index contributed by atoms with van der Waals surface area (Å²) >= 11 is 0. The molecule has 1 aliphatic carbocycles. The highest BCUT2D eigenvalue weighted by molar-refractivity contribution is 5.62. The monoisotopic (exact) mass is 465 g/mol. The molecule has 0 radical (unpaired) electrons. The van der Waals surface area contributed by atoms with Crippen molar-refractivity contribution in [3.05, 3.63) is 35.5 Å². The zero-order valence-electron chi connectivity index (χ0n) is 20.2. The van der Waals surface area contributed by atoms with Crippen molar-refractivity contribution < 1.29 is 14.6 Å². The molecule has 2 N–H and O–H groups in total. The van der Waals surface area contributed by atoms with Gasteiger partial charge in [-0.25, -0.2) is 9.97 Å². The van der Waals surface area contributed by atoms with E-state index in [4.69, 9.17) is 19.4 Å². The second kappa shape index (κ2) is 11.6. The van der Waals surface area contributed by atoms with Crippen molar-refractivity contribution in [3.63, 3.8) is 0 Å². The number of likely N-dealkylation sites (N-methyl/N-ethyl adjacent to an activating group) is 1. The molecule has 1 aromatic carbocycles. The number of hydrogen-bond acceptors (Lipinski definition) is 8. The number of nitriles is 1. The van der Waals surface area contributed by atoms with Gasteiger partial charge in [0.2, 0.25) is 0 Å². The van der Waals surface area contributed by atoms with E-state index in [2.05, 4.69) is 23.2 Å². The van der Waals surface area contributed by atoms with Gasteiger partial charge in [-0.05, 0) is 57.7 Å². The third-order valence-corrected chi connectivity index (χ3v) is 6.43. The summed E-state index contributed by atoms with van der Waals surface area (Å²) in [7, 11) is 1.80. The van der Waals surface area contributed by atoms with Crippen molar-refractivity contribution in [2.75, 3.05) is 44.9 Å². The minimum Gasteiger partial charge on any atom is -0.491 e. The number of anilines is 1. The minimum absolute atomic E-state index is 0.209. The Morgan fingerprint density at radius 3 is 2.88 bits per heavy atom. The van der Waals surface area contributed by atoms with Crippen molar-refractivity contribution >= 4 is 5.82 Å². The lowest BCUT2D eigenvalue weighted by atomic mass is 9.99. The highest BCUT2D eigenvalue weighted by Crippen LogP contribution is 2.35. The second-order valence-electron chi connectivity index (χ2n) is 9.26. The molecular formula is C26H35N5O3.